The van der Waals surface area contributed by atoms with E-state index in [1.165, 1.54) is 12.1 Å². The molecule has 0 bridgehead atoms. The molecule has 2 amide bonds. The van der Waals surface area contributed by atoms with Crippen molar-refractivity contribution < 1.29 is 14.0 Å². The van der Waals surface area contributed by atoms with Crippen LogP contribution < -0.4 is 5.32 Å². The van der Waals surface area contributed by atoms with Crippen LogP contribution in [0.4, 0.5) is 4.39 Å². The van der Waals surface area contributed by atoms with Crippen molar-refractivity contribution in [2.45, 2.75) is 24.8 Å². The number of hydrogen-bond donors (Lipinski definition) is 1. The van der Waals surface area contributed by atoms with Gasteiger partial charge in [0.1, 0.15) is 5.82 Å². The van der Waals surface area contributed by atoms with Crippen molar-refractivity contribution in [2.75, 3.05) is 33.2 Å². The first-order valence-electron chi connectivity index (χ1n) is 10.6. The van der Waals surface area contributed by atoms with Crippen LogP contribution in [0.25, 0.3) is 0 Å². The van der Waals surface area contributed by atoms with Crippen LogP contribution >= 0.6 is 0 Å². The maximum atomic E-state index is 13.5. The Balaban J connectivity index is 1.52. The molecule has 0 radical (unpaired) electrons. The summed E-state index contributed by atoms with van der Waals surface area (Å²) in [5, 5.41) is 3.11. The highest BCUT2D eigenvalue weighted by Crippen LogP contribution is 2.41. The highest BCUT2D eigenvalue weighted by Gasteiger charge is 2.42. The molecule has 2 aliphatic rings. The molecule has 0 spiro atoms. The second-order valence-corrected chi connectivity index (χ2v) is 8.40. The summed E-state index contributed by atoms with van der Waals surface area (Å²) in [6.07, 6.45) is 1.28. The van der Waals surface area contributed by atoms with E-state index in [9.17, 15) is 14.0 Å². The Hall–Kier alpha value is -2.73. The molecule has 2 fully saturated rings. The Labute approximate surface area is 176 Å². The van der Waals surface area contributed by atoms with Crippen LogP contribution in [0.15, 0.2) is 54.6 Å². The number of carbonyl (C=O) groups is 2. The van der Waals surface area contributed by atoms with E-state index in [-0.39, 0.29) is 35.5 Å². The molecule has 2 aromatic rings. The molecule has 1 saturated carbocycles. The van der Waals surface area contributed by atoms with Gasteiger partial charge in [0.25, 0.3) is 5.91 Å². The van der Waals surface area contributed by atoms with Gasteiger partial charge in [-0.25, -0.2) is 4.39 Å². The van der Waals surface area contributed by atoms with Gasteiger partial charge in [-0.1, -0.05) is 30.3 Å². The average molecular weight is 410 g/mol. The van der Waals surface area contributed by atoms with Gasteiger partial charge in [0.05, 0.1) is 0 Å². The zero-order chi connectivity index (χ0) is 21.1. The quantitative estimate of drug-likeness (QED) is 0.845. The zero-order valence-corrected chi connectivity index (χ0v) is 17.3. The minimum atomic E-state index is -0.285. The van der Waals surface area contributed by atoms with Crippen molar-refractivity contribution in [3.63, 3.8) is 0 Å². The zero-order valence-electron chi connectivity index (χ0n) is 17.3. The van der Waals surface area contributed by atoms with Gasteiger partial charge < -0.3 is 15.1 Å². The minimum absolute atomic E-state index is 0.0289. The molecule has 1 aliphatic carbocycles. The number of rotatable bonds is 4. The topological polar surface area (TPSA) is 52.6 Å². The lowest BCUT2D eigenvalue weighted by atomic mass is 9.87. The summed E-state index contributed by atoms with van der Waals surface area (Å²) in [6.45, 7) is 3.19. The summed E-state index contributed by atoms with van der Waals surface area (Å²) < 4.78 is 13.5. The summed E-state index contributed by atoms with van der Waals surface area (Å²) in [5.41, 5.74) is 1.57. The Kier molecular flexibility index (Phi) is 6.13. The van der Waals surface area contributed by atoms with Gasteiger partial charge in [-0.2, -0.15) is 0 Å². The van der Waals surface area contributed by atoms with Crippen LogP contribution in [0.1, 0.15) is 34.7 Å². The lowest BCUT2D eigenvalue weighted by Gasteiger charge is -2.35. The lowest BCUT2D eigenvalue weighted by Crippen LogP contribution is -2.49. The molecule has 30 heavy (non-hydrogen) atoms. The van der Waals surface area contributed by atoms with E-state index in [2.05, 4.69) is 17.3 Å². The first kappa shape index (κ1) is 20.5. The fourth-order valence-corrected chi connectivity index (χ4v) is 4.63. The molecule has 1 aliphatic heterocycles. The molecule has 4 rings (SSSR count). The third-order valence-electron chi connectivity index (χ3n) is 6.36. The molecule has 1 N–H and O–H groups in total. The summed E-state index contributed by atoms with van der Waals surface area (Å²) in [4.78, 5) is 30.2. The molecule has 1 saturated heterocycles. The van der Waals surface area contributed by atoms with Crippen LogP contribution in [-0.4, -0.2) is 60.9 Å². The van der Waals surface area contributed by atoms with E-state index in [4.69, 9.17) is 0 Å². The van der Waals surface area contributed by atoms with E-state index < -0.39 is 0 Å². The average Bonchev–Trinajstić information content (AvgIpc) is 3.18. The van der Waals surface area contributed by atoms with Crippen molar-refractivity contribution in [3.05, 3.63) is 71.5 Å². The van der Waals surface area contributed by atoms with E-state index in [0.29, 0.717) is 18.4 Å². The third kappa shape index (κ3) is 4.54. The second kappa shape index (κ2) is 8.96. The Morgan fingerprint density at radius 2 is 1.60 bits per heavy atom. The van der Waals surface area contributed by atoms with E-state index >= 15 is 0 Å². The van der Waals surface area contributed by atoms with Gasteiger partial charge in [-0.15, -0.1) is 0 Å². The van der Waals surface area contributed by atoms with Crippen LogP contribution in [0.3, 0.4) is 0 Å². The number of benzene rings is 2. The van der Waals surface area contributed by atoms with Gasteiger partial charge in [-0.05, 0) is 55.6 Å². The molecule has 158 valence electrons. The standard InChI is InChI=1S/C24H28FN3O2/c1-27-11-13-28(14-12-27)24(30)22-16-20(26-23(29)18-5-3-2-4-6-18)15-21(22)17-7-9-19(25)10-8-17/h2-10,20-22H,11-16H2,1H3,(H,26,29)/t20-,21+,22-/m0/s1. The number of carbonyl (C=O) groups excluding carboxylic acids is 2. The first-order valence-corrected chi connectivity index (χ1v) is 10.6. The fourth-order valence-electron chi connectivity index (χ4n) is 4.63. The molecular weight excluding hydrogens is 381 g/mol. The number of nitrogens with zero attached hydrogens (tertiary/aromatic N) is 2. The van der Waals surface area contributed by atoms with Crippen LogP contribution in [0, 0.1) is 11.7 Å². The summed E-state index contributed by atoms with van der Waals surface area (Å²) >= 11 is 0. The molecule has 5 nitrogen and oxygen atoms in total. The monoisotopic (exact) mass is 409 g/mol. The van der Waals surface area contributed by atoms with E-state index in [1.54, 1.807) is 24.3 Å². The predicted molar refractivity (Wildman–Crippen MR) is 114 cm³/mol. The Morgan fingerprint density at radius 1 is 0.933 bits per heavy atom. The Morgan fingerprint density at radius 3 is 2.27 bits per heavy atom. The van der Waals surface area contributed by atoms with Crippen LogP contribution in [0.2, 0.25) is 0 Å². The third-order valence-corrected chi connectivity index (χ3v) is 6.36. The SMILES string of the molecule is CN1CCN(C(=O)[C@H]2C[C@@H](NC(=O)c3ccccc3)C[C@@H]2c2ccc(F)cc2)CC1. The molecule has 6 heteroatoms. The summed E-state index contributed by atoms with van der Waals surface area (Å²) in [6, 6.07) is 15.5. The maximum Gasteiger partial charge on any atom is 0.251 e. The number of halogens is 1. The number of hydrogen-bond acceptors (Lipinski definition) is 3. The first-order chi connectivity index (χ1) is 14.5. The minimum Gasteiger partial charge on any atom is -0.349 e. The molecule has 0 aromatic heterocycles. The molecule has 3 atom stereocenters. The van der Waals surface area contributed by atoms with Gasteiger partial charge >= 0.3 is 0 Å². The largest absolute Gasteiger partial charge is 0.349 e. The number of piperazine rings is 1. The molecule has 0 unspecified atom stereocenters. The van der Waals surface area contributed by atoms with Gasteiger partial charge in [-0.3, -0.25) is 9.59 Å². The fraction of sp³-hybridized carbons (Fsp3) is 0.417. The molecule has 1 heterocycles. The van der Waals surface area contributed by atoms with Gasteiger partial charge in [0, 0.05) is 43.7 Å². The maximum absolute atomic E-state index is 13.5. The van der Waals surface area contributed by atoms with Crippen molar-refractivity contribution in [1.82, 2.24) is 15.1 Å². The van der Waals surface area contributed by atoms with Crippen molar-refractivity contribution in [3.8, 4) is 0 Å². The van der Waals surface area contributed by atoms with Crippen LogP contribution in [-0.2, 0) is 4.79 Å². The number of amides is 2. The number of likely N-dealkylation sites (N-methyl/N-ethyl adjacent to an activating group) is 1. The Bertz CT molecular complexity index is 879. The lowest BCUT2D eigenvalue weighted by molar-refractivity contribution is -0.137. The van der Waals surface area contributed by atoms with E-state index in [0.717, 1.165) is 31.7 Å². The highest BCUT2D eigenvalue weighted by atomic mass is 19.1. The van der Waals surface area contributed by atoms with Crippen molar-refractivity contribution in [1.29, 1.82) is 0 Å². The van der Waals surface area contributed by atoms with Gasteiger partial charge in [0.2, 0.25) is 5.91 Å². The molecule has 2 aromatic carbocycles. The van der Waals surface area contributed by atoms with Gasteiger partial charge in [0.15, 0.2) is 0 Å². The van der Waals surface area contributed by atoms with Crippen LogP contribution in [0.5, 0.6) is 0 Å². The second-order valence-electron chi connectivity index (χ2n) is 8.40. The summed E-state index contributed by atoms with van der Waals surface area (Å²) in [7, 11) is 2.06. The van der Waals surface area contributed by atoms with Crippen molar-refractivity contribution >= 4 is 11.8 Å². The smallest absolute Gasteiger partial charge is 0.251 e. The normalized spacial score (nSPS) is 24.6. The predicted octanol–water partition coefficient (Wildman–Crippen LogP) is 2.89. The van der Waals surface area contributed by atoms with E-state index in [1.807, 2.05) is 23.1 Å². The highest BCUT2D eigenvalue weighted by molar-refractivity contribution is 5.94. The van der Waals surface area contributed by atoms with Crippen molar-refractivity contribution in [2.24, 2.45) is 5.92 Å². The summed E-state index contributed by atoms with van der Waals surface area (Å²) in [5.74, 6) is -0.494. The number of nitrogens with one attached hydrogen (secondary N) is 1. The molecular formula is C24H28FN3O2.